The van der Waals surface area contributed by atoms with Crippen LogP contribution in [0, 0.1) is 6.92 Å². The van der Waals surface area contributed by atoms with Crippen molar-refractivity contribution in [3.8, 4) is 5.75 Å². The quantitative estimate of drug-likeness (QED) is 0.0903. The molecular formula is C33H34Cl2F3N7O6. The van der Waals surface area contributed by atoms with Crippen molar-refractivity contribution in [1.29, 1.82) is 0 Å². The van der Waals surface area contributed by atoms with Crippen LogP contribution < -0.4 is 27.0 Å². The van der Waals surface area contributed by atoms with Crippen molar-refractivity contribution in [3.63, 3.8) is 0 Å². The maximum absolute atomic E-state index is 12.9. The van der Waals surface area contributed by atoms with Crippen LogP contribution >= 0.6 is 24.8 Å². The number of rotatable bonds is 9. The Morgan fingerprint density at radius 2 is 1.43 bits per heavy atom. The van der Waals surface area contributed by atoms with E-state index in [1.54, 1.807) is 37.3 Å². The number of phenols is 1. The highest BCUT2D eigenvalue weighted by atomic mass is 35.5. The summed E-state index contributed by atoms with van der Waals surface area (Å²) < 4.78 is 43.8. The second kappa shape index (κ2) is 17.7. The molecule has 1 aliphatic heterocycles. The number of nitrogens with one attached hydrogen (secondary N) is 4. The number of piperazine rings is 1. The summed E-state index contributed by atoms with van der Waals surface area (Å²) in [5, 5.41) is 22.5. The molecule has 1 aliphatic rings. The van der Waals surface area contributed by atoms with E-state index in [2.05, 4.69) is 26.5 Å². The van der Waals surface area contributed by atoms with Crippen LogP contribution in [0.2, 0.25) is 0 Å². The van der Waals surface area contributed by atoms with Gasteiger partial charge in [0.15, 0.2) is 0 Å². The van der Waals surface area contributed by atoms with Gasteiger partial charge in [0.1, 0.15) is 11.3 Å². The summed E-state index contributed by atoms with van der Waals surface area (Å²) in [5.41, 5.74) is 3.14. The minimum Gasteiger partial charge on any atom is -0.507 e. The lowest BCUT2D eigenvalue weighted by Crippen LogP contribution is -2.50. The van der Waals surface area contributed by atoms with E-state index < -0.39 is 23.4 Å². The summed E-state index contributed by atoms with van der Waals surface area (Å²) >= 11 is 0. The van der Waals surface area contributed by atoms with Gasteiger partial charge in [-0.2, -0.15) is 18.3 Å². The van der Waals surface area contributed by atoms with Crippen LogP contribution in [0.4, 0.5) is 35.0 Å². The Bertz CT molecular complexity index is 1950. The molecule has 0 atom stereocenters. The molecule has 0 saturated carbocycles. The van der Waals surface area contributed by atoms with Crippen LogP contribution in [0.25, 0.3) is 11.0 Å². The van der Waals surface area contributed by atoms with Gasteiger partial charge in [-0.15, -0.1) is 24.8 Å². The van der Waals surface area contributed by atoms with Gasteiger partial charge in [0.2, 0.25) is 5.91 Å². The Morgan fingerprint density at radius 1 is 0.843 bits per heavy atom. The van der Waals surface area contributed by atoms with Gasteiger partial charge in [0.25, 0.3) is 5.91 Å². The second-order valence-corrected chi connectivity index (χ2v) is 11.3. The maximum atomic E-state index is 12.9. The molecule has 0 aliphatic carbocycles. The lowest BCUT2D eigenvalue weighted by Gasteiger charge is -2.33. The molecule has 1 saturated heterocycles. The standard InChI is InChI=1S/C33H32F3N7O6.2ClH/c1-20-13-31(47)49-28-16-27(44)21(14-26(20)28)17-37-41-30(46)19-43-11-9-42(10-12-43)18-29(45)38-23-5-7-24(8-6-23)39-32(48)40-25-4-2-3-22(15-25)33(34,35)36;;/h2-8,13-17,44H,9-12,18-19H2,1H3,(H,38,45)(H,41,46)(H2,39,40,48);2*1H/b37-17+;;. The number of hydrazone groups is 1. The number of amides is 4. The number of anilines is 3. The number of phenolic OH excluding ortho intramolecular Hbond substituents is 1. The number of carbonyl (C=O) groups is 3. The summed E-state index contributed by atoms with van der Waals surface area (Å²) in [6.07, 6.45) is -3.23. The summed E-state index contributed by atoms with van der Waals surface area (Å²) in [7, 11) is 0. The number of halogens is 5. The molecule has 3 aromatic carbocycles. The van der Waals surface area contributed by atoms with E-state index in [0.29, 0.717) is 54.1 Å². The molecule has 5 rings (SSSR count). The second-order valence-electron chi connectivity index (χ2n) is 11.3. The Morgan fingerprint density at radius 3 is 2.06 bits per heavy atom. The van der Waals surface area contributed by atoms with Gasteiger partial charge in [0.05, 0.1) is 24.9 Å². The van der Waals surface area contributed by atoms with Gasteiger partial charge in [-0.3, -0.25) is 19.4 Å². The Hall–Kier alpha value is -5.16. The lowest BCUT2D eigenvalue weighted by molar-refractivity contribution is -0.137. The van der Waals surface area contributed by atoms with Crippen LogP contribution in [0.15, 0.2) is 81.0 Å². The SMILES string of the molecule is Cc1cc(=O)oc2cc(O)c(/C=N/NC(=O)CN3CCN(CC(=O)Nc4ccc(NC(=O)Nc5cccc(C(F)(F)F)c5)cc4)CC3)cc12.Cl.Cl. The summed E-state index contributed by atoms with van der Waals surface area (Å²) in [4.78, 5) is 52.7. The molecular weight excluding hydrogens is 718 g/mol. The van der Waals surface area contributed by atoms with Crippen LogP contribution in [0.3, 0.4) is 0 Å². The molecule has 0 radical (unpaired) electrons. The van der Waals surface area contributed by atoms with Gasteiger partial charge in [-0.05, 0) is 61.0 Å². The van der Waals surface area contributed by atoms with Gasteiger partial charge < -0.3 is 25.5 Å². The lowest BCUT2D eigenvalue weighted by atomic mass is 10.1. The van der Waals surface area contributed by atoms with Crippen molar-refractivity contribution >= 4 is 76.9 Å². The van der Waals surface area contributed by atoms with E-state index in [0.717, 1.165) is 12.1 Å². The molecule has 272 valence electrons. The first-order valence-electron chi connectivity index (χ1n) is 15.0. The Balaban J connectivity index is 0.00000351. The predicted molar refractivity (Wildman–Crippen MR) is 191 cm³/mol. The zero-order valence-electron chi connectivity index (χ0n) is 27.0. The molecule has 2 heterocycles. The number of benzene rings is 3. The minimum atomic E-state index is -4.53. The van der Waals surface area contributed by atoms with Crippen LogP contribution in [-0.4, -0.2) is 78.2 Å². The minimum absolute atomic E-state index is 0. The van der Waals surface area contributed by atoms with E-state index in [1.165, 1.54) is 30.5 Å². The van der Waals surface area contributed by atoms with Gasteiger partial charge in [-0.1, -0.05) is 6.07 Å². The fourth-order valence-corrected chi connectivity index (χ4v) is 5.10. The van der Waals surface area contributed by atoms with Gasteiger partial charge in [-0.25, -0.2) is 15.0 Å². The van der Waals surface area contributed by atoms with Crippen molar-refractivity contribution < 1.29 is 37.1 Å². The van der Waals surface area contributed by atoms with Crippen molar-refractivity contribution in [2.45, 2.75) is 13.1 Å². The third-order valence-corrected chi connectivity index (χ3v) is 7.57. The van der Waals surface area contributed by atoms with E-state index in [9.17, 15) is 37.5 Å². The number of nitrogens with zero attached hydrogens (tertiary/aromatic N) is 3. The smallest absolute Gasteiger partial charge is 0.416 e. The van der Waals surface area contributed by atoms with Crippen molar-refractivity contribution in [2.75, 3.05) is 55.2 Å². The van der Waals surface area contributed by atoms with E-state index >= 15 is 0 Å². The molecule has 13 nitrogen and oxygen atoms in total. The average Bonchev–Trinajstić information content (AvgIpc) is 3.03. The molecule has 18 heteroatoms. The first-order chi connectivity index (χ1) is 23.3. The van der Waals surface area contributed by atoms with Crippen LogP contribution in [0.5, 0.6) is 5.75 Å². The number of aromatic hydroxyl groups is 1. The number of aryl methyl sites for hydroxylation is 1. The Kier molecular flexibility index (Phi) is 14.0. The van der Waals surface area contributed by atoms with E-state index in [4.69, 9.17) is 4.42 Å². The zero-order valence-corrected chi connectivity index (χ0v) is 28.6. The third-order valence-electron chi connectivity index (χ3n) is 7.57. The highest BCUT2D eigenvalue weighted by molar-refractivity contribution is 6.00. The van der Waals surface area contributed by atoms with E-state index in [-0.39, 0.29) is 66.7 Å². The van der Waals surface area contributed by atoms with Crippen LogP contribution in [-0.2, 0) is 15.8 Å². The summed E-state index contributed by atoms with van der Waals surface area (Å²) in [6.45, 7) is 4.15. The normalized spacial score (nSPS) is 13.6. The van der Waals surface area contributed by atoms with Crippen LogP contribution in [0.1, 0.15) is 16.7 Å². The number of alkyl halides is 3. The number of carbonyl (C=O) groups excluding carboxylic acids is 3. The number of urea groups is 1. The fourth-order valence-electron chi connectivity index (χ4n) is 5.10. The molecule has 1 fully saturated rings. The molecule has 1 aromatic heterocycles. The highest BCUT2D eigenvalue weighted by Crippen LogP contribution is 2.31. The van der Waals surface area contributed by atoms with Crippen molar-refractivity contribution in [2.24, 2.45) is 5.10 Å². The summed E-state index contributed by atoms with van der Waals surface area (Å²) in [6, 6.07) is 14.1. The molecule has 4 aromatic rings. The zero-order chi connectivity index (χ0) is 35.1. The van der Waals surface area contributed by atoms with Crippen molar-refractivity contribution in [1.82, 2.24) is 15.2 Å². The molecule has 0 unspecified atom stereocenters. The summed E-state index contributed by atoms with van der Waals surface area (Å²) in [5.74, 6) is -0.762. The fraction of sp³-hybridized carbons (Fsp3) is 0.242. The average molecular weight is 753 g/mol. The molecule has 51 heavy (non-hydrogen) atoms. The molecule has 5 N–H and O–H groups in total. The monoisotopic (exact) mass is 751 g/mol. The Labute approximate surface area is 301 Å². The predicted octanol–water partition coefficient (Wildman–Crippen LogP) is 5.02. The van der Waals surface area contributed by atoms with Gasteiger partial charge in [0, 0.05) is 66.3 Å². The molecule has 4 amide bonds. The maximum Gasteiger partial charge on any atom is 0.416 e. The number of hydrogen-bond acceptors (Lipinski definition) is 9. The highest BCUT2D eigenvalue weighted by Gasteiger charge is 2.30. The van der Waals surface area contributed by atoms with E-state index in [1.807, 2.05) is 9.80 Å². The first kappa shape index (κ1) is 40.3. The van der Waals surface area contributed by atoms with Gasteiger partial charge >= 0.3 is 17.8 Å². The largest absolute Gasteiger partial charge is 0.507 e. The first-order valence-corrected chi connectivity index (χ1v) is 15.0. The number of hydrogen-bond donors (Lipinski definition) is 5. The number of fused-ring (bicyclic) bond motifs is 1. The van der Waals surface area contributed by atoms with Crippen molar-refractivity contribution in [3.05, 3.63) is 93.8 Å². The molecule has 0 spiro atoms. The molecule has 0 bridgehead atoms. The topological polar surface area (TPSA) is 169 Å². The third kappa shape index (κ3) is 11.4.